The first-order chi connectivity index (χ1) is 17.1. The van der Waals surface area contributed by atoms with Crippen LogP contribution in [0.25, 0.3) is 17.1 Å². The van der Waals surface area contributed by atoms with Crippen molar-refractivity contribution >= 4 is 23.7 Å². The Hall–Kier alpha value is -4.31. The quantitative estimate of drug-likeness (QED) is 0.397. The maximum atomic E-state index is 13.1. The Morgan fingerprint density at radius 2 is 1.66 bits per heavy atom. The summed E-state index contributed by atoms with van der Waals surface area (Å²) in [6.45, 7) is 0.171. The minimum absolute atomic E-state index is 0.171. The third-order valence-electron chi connectivity index (χ3n) is 5.31. The molecular formula is C25H21N5O4S. The lowest BCUT2D eigenvalue weighted by molar-refractivity contribution is -0.119. The summed E-state index contributed by atoms with van der Waals surface area (Å²) < 4.78 is 12.9. The maximum absolute atomic E-state index is 13.1. The summed E-state index contributed by atoms with van der Waals surface area (Å²) >= 11 is 1.21. The lowest BCUT2D eigenvalue weighted by atomic mass is 10.1. The van der Waals surface area contributed by atoms with Gasteiger partial charge >= 0.3 is 6.03 Å². The van der Waals surface area contributed by atoms with E-state index in [0.717, 1.165) is 16.8 Å². The summed E-state index contributed by atoms with van der Waals surface area (Å²) in [7, 11) is 1.46. The normalized spacial score (nSPS) is 12.7. The van der Waals surface area contributed by atoms with Crippen LogP contribution in [0.1, 0.15) is 10.8 Å². The van der Waals surface area contributed by atoms with E-state index in [1.165, 1.54) is 18.8 Å². The van der Waals surface area contributed by atoms with Crippen molar-refractivity contribution in [3.8, 4) is 28.6 Å². The van der Waals surface area contributed by atoms with E-state index < -0.39 is 17.2 Å². The molecule has 1 aliphatic rings. The summed E-state index contributed by atoms with van der Waals surface area (Å²) in [5, 5.41) is 13.4. The van der Waals surface area contributed by atoms with Crippen molar-refractivity contribution in [2.45, 2.75) is 10.4 Å². The smallest absolute Gasteiger partial charge is 0.321 e. The van der Waals surface area contributed by atoms with Crippen molar-refractivity contribution in [2.75, 3.05) is 13.8 Å². The molecule has 0 spiro atoms. The molecule has 9 nitrogen and oxygen atoms in total. The van der Waals surface area contributed by atoms with Gasteiger partial charge < -0.3 is 14.8 Å². The highest BCUT2D eigenvalue weighted by atomic mass is 32.2. The lowest BCUT2D eigenvalue weighted by Crippen LogP contribution is -2.39. The fourth-order valence-corrected chi connectivity index (χ4v) is 4.68. The number of amides is 3. The van der Waals surface area contributed by atoms with Gasteiger partial charge in [0.2, 0.25) is 12.7 Å². The van der Waals surface area contributed by atoms with Gasteiger partial charge in [0.1, 0.15) is 5.25 Å². The number of benzene rings is 3. The minimum Gasteiger partial charge on any atom is -0.454 e. The van der Waals surface area contributed by atoms with Crippen molar-refractivity contribution in [1.82, 2.24) is 25.4 Å². The zero-order valence-corrected chi connectivity index (χ0v) is 19.5. The lowest BCUT2D eigenvalue weighted by Gasteiger charge is -2.17. The van der Waals surface area contributed by atoms with Crippen molar-refractivity contribution in [3.05, 3.63) is 84.4 Å². The molecule has 0 bridgehead atoms. The number of ether oxygens (including phenoxy) is 2. The molecule has 5 rings (SSSR count). The van der Waals surface area contributed by atoms with Gasteiger partial charge in [-0.1, -0.05) is 60.3 Å². The Bertz CT molecular complexity index is 1360. The Morgan fingerprint density at radius 3 is 2.40 bits per heavy atom. The summed E-state index contributed by atoms with van der Waals surface area (Å²) in [5.74, 6) is 1.42. The molecule has 0 saturated carbocycles. The molecular weight excluding hydrogens is 466 g/mol. The maximum Gasteiger partial charge on any atom is 0.321 e. The average Bonchev–Trinajstić information content (AvgIpc) is 3.54. The van der Waals surface area contributed by atoms with Crippen LogP contribution in [0.5, 0.6) is 11.5 Å². The molecule has 0 aliphatic carbocycles. The highest BCUT2D eigenvalue weighted by Gasteiger charge is 2.28. The van der Waals surface area contributed by atoms with E-state index in [1.54, 1.807) is 0 Å². The van der Waals surface area contributed by atoms with E-state index in [9.17, 15) is 9.59 Å². The second-order valence-corrected chi connectivity index (χ2v) is 8.59. The zero-order chi connectivity index (χ0) is 24.2. The number of para-hydroxylation sites is 1. The number of urea groups is 1. The SMILES string of the molecule is CNC(=O)NC(=O)[C@H](Sc1nnc(-c2ccc3c(c2)OCO3)n1-c1ccccc1)c1ccccc1. The molecule has 1 aromatic heterocycles. The van der Waals surface area contributed by atoms with Crippen LogP contribution in [0.2, 0.25) is 0 Å². The monoisotopic (exact) mass is 487 g/mol. The molecule has 35 heavy (non-hydrogen) atoms. The Balaban J connectivity index is 1.58. The first kappa shape index (κ1) is 22.5. The number of carbonyl (C=O) groups excluding carboxylic acids is 2. The van der Waals surface area contributed by atoms with E-state index in [1.807, 2.05) is 83.4 Å². The number of hydrogen-bond donors (Lipinski definition) is 2. The van der Waals surface area contributed by atoms with Gasteiger partial charge in [-0.2, -0.15) is 0 Å². The van der Waals surface area contributed by atoms with E-state index in [0.29, 0.717) is 22.5 Å². The molecule has 0 radical (unpaired) electrons. The number of fused-ring (bicyclic) bond motifs is 1. The van der Waals surface area contributed by atoms with Crippen LogP contribution in [0.4, 0.5) is 4.79 Å². The topological polar surface area (TPSA) is 107 Å². The van der Waals surface area contributed by atoms with Crippen molar-refractivity contribution in [1.29, 1.82) is 0 Å². The first-order valence-electron chi connectivity index (χ1n) is 10.8. The molecule has 0 fully saturated rings. The van der Waals surface area contributed by atoms with Gasteiger partial charge in [-0.25, -0.2) is 4.79 Å². The number of hydrogen-bond acceptors (Lipinski definition) is 7. The molecule has 0 saturated heterocycles. The molecule has 0 unspecified atom stereocenters. The van der Waals surface area contributed by atoms with Crippen molar-refractivity contribution < 1.29 is 19.1 Å². The highest BCUT2D eigenvalue weighted by molar-refractivity contribution is 8.00. The van der Waals surface area contributed by atoms with Gasteiger partial charge in [0.15, 0.2) is 22.5 Å². The molecule has 176 valence electrons. The summed E-state index contributed by atoms with van der Waals surface area (Å²) in [5.41, 5.74) is 2.33. The molecule has 1 atom stereocenters. The van der Waals surface area contributed by atoms with Crippen LogP contribution in [0.15, 0.2) is 84.0 Å². The number of aromatic nitrogens is 3. The van der Waals surface area contributed by atoms with Gasteiger partial charge in [-0.15, -0.1) is 10.2 Å². The number of rotatable bonds is 6. The molecule has 2 heterocycles. The largest absolute Gasteiger partial charge is 0.454 e. The second-order valence-electron chi connectivity index (χ2n) is 7.52. The van der Waals surface area contributed by atoms with Crippen LogP contribution < -0.4 is 20.1 Å². The number of imide groups is 1. The minimum atomic E-state index is -0.746. The number of carbonyl (C=O) groups is 2. The van der Waals surface area contributed by atoms with Crippen LogP contribution in [0.3, 0.4) is 0 Å². The van der Waals surface area contributed by atoms with E-state index >= 15 is 0 Å². The Morgan fingerprint density at radius 1 is 0.943 bits per heavy atom. The van der Waals surface area contributed by atoms with Gasteiger partial charge in [0.25, 0.3) is 0 Å². The van der Waals surface area contributed by atoms with Gasteiger partial charge in [0.05, 0.1) is 0 Å². The van der Waals surface area contributed by atoms with Gasteiger partial charge in [-0.05, 0) is 35.9 Å². The standard InChI is InChI=1S/C25H21N5O4S/c1-26-24(32)27-23(31)21(16-8-4-2-5-9-16)35-25-29-28-22(30(25)18-10-6-3-7-11-18)17-12-13-19-20(14-17)34-15-33-19/h2-14,21H,15H2,1H3,(H2,26,27,31,32)/t21-/m1/s1. The van der Waals surface area contributed by atoms with Crippen LogP contribution >= 0.6 is 11.8 Å². The predicted molar refractivity (Wildman–Crippen MR) is 131 cm³/mol. The highest BCUT2D eigenvalue weighted by Crippen LogP contribution is 2.40. The molecule has 3 amide bonds. The number of nitrogens with zero attached hydrogens (tertiary/aromatic N) is 3. The second kappa shape index (κ2) is 9.90. The van der Waals surface area contributed by atoms with E-state index in [4.69, 9.17) is 9.47 Å². The zero-order valence-electron chi connectivity index (χ0n) is 18.7. The summed E-state index contributed by atoms with van der Waals surface area (Å²) in [4.78, 5) is 25.0. The average molecular weight is 488 g/mol. The van der Waals surface area contributed by atoms with Crippen molar-refractivity contribution in [3.63, 3.8) is 0 Å². The predicted octanol–water partition coefficient (Wildman–Crippen LogP) is 3.95. The Labute approximate surface area is 205 Å². The molecule has 3 aromatic carbocycles. The van der Waals surface area contributed by atoms with E-state index in [-0.39, 0.29) is 6.79 Å². The van der Waals surface area contributed by atoms with Crippen molar-refractivity contribution in [2.24, 2.45) is 0 Å². The van der Waals surface area contributed by atoms with Crippen LogP contribution in [-0.2, 0) is 4.79 Å². The first-order valence-corrected chi connectivity index (χ1v) is 11.7. The third kappa shape index (κ3) is 4.69. The number of thioether (sulfide) groups is 1. The van der Waals surface area contributed by atoms with Crippen LogP contribution in [0, 0.1) is 0 Å². The van der Waals surface area contributed by atoms with Gasteiger partial charge in [-0.3, -0.25) is 14.7 Å². The molecule has 1 aliphatic heterocycles. The Kier molecular flexibility index (Phi) is 6.36. The number of nitrogens with one attached hydrogen (secondary N) is 2. The fourth-order valence-electron chi connectivity index (χ4n) is 3.62. The molecule has 2 N–H and O–H groups in total. The molecule has 10 heteroatoms. The van der Waals surface area contributed by atoms with Gasteiger partial charge in [0, 0.05) is 18.3 Å². The summed E-state index contributed by atoms with van der Waals surface area (Å²) in [6.07, 6.45) is 0. The molecule has 4 aromatic rings. The third-order valence-corrected chi connectivity index (χ3v) is 6.50. The fraction of sp³-hybridized carbons (Fsp3) is 0.120. The van der Waals surface area contributed by atoms with E-state index in [2.05, 4.69) is 20.8 Å². The van der Waals surface area contributed by atoms with Crippen LogP contribution in [-0.4, -0.2) is 40.5 Å². The summed E-state index contributed by atoms with van der Waals surface area (Å²) in [6, 6.07) is 23.8.